The summed E-state index contributed by atoms with van der Waals surface area (Å²) in [4.78, 5) is 14.4. The molecule has 0 saturated carbocycles. The normalized spacial score (nSPS) is 10.1. The Hall–Kier alpha value is -2.87. The summed E-state index contributed by atoms with van der Waals surface area (Å²) in [5, 5.41) is 11.5. The third kappa shape index (κ3) is 4.32. The molecular formula is C19H20FN3O. The zero-order chi connectivity index (χ0) is 17.5. The van der Waals surface area contributed by atoms with Gasteiger partial charge in [-0.1, -0.05) is 13.3 Å². The van der Waals surface area contributed by atoms with Gasteiger partial charge in [0.15, 0.2) is 0 Å². The predicted octanol–water partition coefficient (Wildman–Crippen LogP) is 4.19. The van der Waals surface area contributed by atoms with Crippen LogP contribution < -0.4 is 10.2 Å². The highest BCUT2D eigenvalue weighted by atomic mass is 19.1. The summed E-state index contributed by atoms with van der Waals surface area (Å²) < 4.78 is 13.3. The number of halogens is 1. The molecule has 0 aromatic heterocycles. The smallest absolute Gasteiger partial charge is 0.255 e. The maximum absolute atomic E-state index is 13.3. The van der Waals surface area contributed by atoms with Gasteiger partial charge in [0.05, 0.1) is 5.56 Å². The van der Waals surface area contributed by atoms with Crippen LogP contribution in [0.5, 0.6) is 0 Å². The van der Waals surface area contributed by atoms with E-state index in [1.165, 1.54) is 18.2 Å². The number of hydrogen-bond acceptors (Lipinski definition) is 3. The van der Waals surface area contributed by atoms with Crippen molar-refractivity contribution in [3.63, 3.8) is 0 Å². The molecule has 0 aliphatic rings. The first kappa shape index (κ1) is 17.5. The van der Waals surface area contributed by atoms with Gasteiger partial charge in [0.25, 0.3) is 5.91 Å². The lowest BCUT2D eigenvalue weighted by molar-refractivity contribution is 0.102. The Balaban J connectivity index is 2.06. The Kier molecular flexibility index (Phi) is 5.91. The molecular weight excluding hydrogens is 305 g/mol. The second-order valence-corrected chi connectivity index (χ2v) is 5.58. The molecule has 0 atom stereocenters. The van der Waals surface area contributed by atoms with Gasteiger partial charge in [-0.3, -0.25) is 4.79 Å². The largest absolute Gasteiger partial charge is 0.375 e. The van der Waals surface area contributed by atoms with Crippen molar-refractivity contribution < 1.29 is 9.18 Å². The van der Waals surface area contributed by atoms with Crippen molar-refractivity contribution in [2.75, 3.05) is 23.8 Å². The molecule has 0 aliphatic heterocycles. The average molecular weight is 325 g/mol. The van der Waals surface area contributed by atoms with E-state index >= 15 is 0 Å². The molecule has 0 spiro atoms. The van der Waals surface area contributed by atoms with Crippen LogP contribution in [-0.2, 0) is 0 Å². The zero-order valence-corrected chi connectivity index (χ0v) is 13.8. The predicted molar refractivity (Wildman–Crippen MR) is 93.7 cm³/mol. The van der Waals surface area contributed by atoms with E-state index in [1.807, 2.05) is 19.2 Å². The topological polar surface area (TPSA) is 56.1 Å². The monoisotopic (exact) mass is 325 g/mol. The summed E-state index contributed by atoms with van der Waals surface area (Å²) in [6.45, 7) is 3.11. The number of nitrogens with zero attached hydrogens (tertiary/aromatic N) is 2. The quantitative estimate of drug-likeness (QED) is 0.866. The molecule has 4 nitrogen and oxygen atoms in total. The number of carbonyl (C=O) groups excluding carboxylic acids is 1. The van der Waals surface area contributed by atoms with Crippen molar-refractivity contribution in [3.05, 3.63) is 59.4 Å². The van der Waals surface area contributed by atoms with Crippen molar-refractivity contribution in [2.24, 2.45) is 0 Å². The van der Waals surface area contributed by atoms with E-state index in [4.69, 9.17) is 5.26 Å². The summed E-state index contributed by atoms with van der Waals surface area (Å²) in [6, 6.07) is 13.0. The minimum absolute atomic E-state index is 0.0966. The van der Waals surface area contributed by atoms with E-state index < -0.39 is 5.82 Å². The van der Waals surface area contributed by atoms with Gasteiger partial charge in [0.1, 0.15) is 11.9 Å². The highest BCUT2D eigenvalue weighted by Crippen LogP contribution is 2.17. The molecule has 2 rings (SSSR count). The van der Waals surface area contributed by atoms with Gasteiger partial charge in [0.2, 0.25) is 0 Å². The highest BCUT2D eigenvalue weighted by Gasteiger charge is 2.09. The lowest BCUT2D eigenvalue weighted by atomic mass is 10.1. The molecule has 1 amide bonds. The summed E-state index contributed by atoms with van der Waals surface area (Å²) in [5.41, 5.74) is 1.85. The Labute approximate surface area is 141 Å². The molecule has 0 saturated heterocycles. The fourth-order valence-corrected chi connectivity index (χ4v) is 2.28. The second-order valence-electron chi connectivity index (χ2n) is 5.58. The highest BCUT2D eigenvalue weighted by molar-refractivity contribution is 6.04. The standard InChI is InChI=1S/C19H20FN3O/c1-3-4-11-23(2)17-8-5-14(6-9-17)19(24)22-16-7-10-18(20)15(12-16)13-21/h5-10,12H,3-4,11H2,1-2H3,(H,22,24). The maximum Gasteiger partial charge on any atom is 0.255 e. The lowest BCUT2D eigenvalue weighted by Gasteiger charge is -2.19. The van der Waals surface area contributed by atoms with E-state index in [1.54, 1.807) is 18.2 Å². The van der Waals surface area contributed by atoms with Crippen LogP contribution in [0.4, 0.5) is 15.8 Å². The fraction of sp³-hybridized carbons (Fsp3) is 0.263. The molecule has 0 fully saturated rings. The number of amides is 1. The van der Waals surface area contributed by atoms with Gasteiger partial charge in [-0.25, -0.2) is 4.39 Å². The van der Waals surface area contributed by atoms with E-state index in [9.17, 15) is 9.18 Å². The number of nitrogens with one attached hydrogen (secondary N) is 1. The van der Waals surface area contributed by atoms with Crippen LogP contribution in [0.3, 0.4) is 0 Å². The number of anilines is 2. The lowest BCUT2D eigenvalue weighted by Crippen LogP contribution is -2.18. The minimum atomic E-state index is -0.602. The van der Waals surface area contributed by atoms with E-state index in [0.29, 0.717) is 11.3 Å². The third-order valence-corrected chi connectivity index (χ3v) is 3.76. The molecule has 0 bridgehead atoms. The van der Waals surface area contributed by atoms with Crippen molar-refractivity contribution in [1.82, 2.24) is 0 Å². The van der Waals surface area contributed by atoms with Gasteiger partial charge < -0.3 is 10.2 Å². The number of benzene rings is 2. The Morgan fingerprint density at radius 3 is 2.58 bits per heavy atom. The van der Waals surface area contributed by atoms with E-state index in [2.05, 4.69) is 17.1 Å². The number of carbonyl (C=O) groups is 1. The first-order chi connectivity index (χ1) is 11.5. The van der Waals surface area contributed by atoms with Crippen LogP contribution in [0, 0.1) is 17.1 Å². The van der Waals surface area contributed by atoms with Crippen molar-refractivity contribution in [2.45, 2.75) is 19.8 Å². The molecule has 0 heterocycles. The summed E-state index contributed by atoms with van der Waals surface area (Å²) in [6.07, 6.45) is 2.25. The summed E-state index contributed by atoms with van der Waals surface area (Å²) >= 11 is 0. The summed E-state index contributed by atoms with van der Waals surface area (Å²) in [7, 11) is 2.02. The van der Waals surface area contributed by atoms with Crippen molar-refractivity contribution >= 4 is 17.3 Å². The molecule has 5 heteroatoms. The van der Waals surface area contributed by atoms with Crippen LogP contribution in [0.2, 0.25) is 0 Å². The van der Waals surface area contributed by atoms with Crippen molar-refractivity contribution in [1.29, 1.82) is 5.26 Å². The number of hydrogen-bond donors (Lipinski definition) is 1. The molecule has 1 N–H and O–H groups in total. The van der Waals surface area contributed by atoms with Crippen molar-refractivity contribution in [3.8, 4) is 6.07 Å². The van der Waals surface area contributed by atoms with E-state index in [0.717, 1.165) is 25.1 Å². The van der Waals surface area contributed by atoms with Gasteiger partial charge in [-0.2, -0.15) is 5.26 Å². The molecule has 2 aromatic rings. The average Bonchev–Trinajstić information content (AvgIpc) is 2.61. The Morgan fingerprint density at radius 1 is 1.25 bits per heavy atom. The fourth-order valence-electron chi connectivity index (χ4n) is 2.28. The molecule has 0 radical (unpaired) electrons. The number of nitriles is 1. The summed E-state index contributed by atoms with van der Waals surface area (Å²) in [5.74, 6) is -0.900. The van der Waals surface area contributed by atoms with Crippen LogP contribution >= 0.6 is 0 Å². The SMILES string of the molecule is CCCCN(C)c1ccc(C(=O)Nc2ccc(F)c(C#N)c2)cc1. The molecule has 0 unspecified atom stereocenters. The second kappa shape index (κ2) is 8.11. The number of unbranched alkanes of at least 4 members (excludes halogenated alkanes) is 1. The van der Waals surface area contributed by atoms with Crippen LogP contribution in [0.25, 0.3) is 0 Å². The van der Waals surface area contributed by atoms with Gasteiger partial charge in [0, 0.05) is 30.5 Å². The molecule has 24 heavy (non-hydrogen) atoms. The van der Waals surface area contributed by atoms with E-state index in [-0.39, 0.29) is 11.5 Å². The Morgan fingerprint density at radius 2 is 1.96 bits per heavy atom. The van der Waals surface area contributed by atoms with Crippen LogP contribution in [-0.4, -0.2) is 19.5 Å². The minimum Gasteiger partial charge on any atom is -0.375 e. The molecule has 2 aromatic carbocycles. The third-order valence-electron chi connectivity index (χ3n) is 3.76. The maximum atomic E-state index is 13.3. The van der Waals surface area contributed by atoms with Gasteiger partial charge >= 0.3 is 0 Å². The van der Waals surface area contributed by atoms with Gasteiger partial charge in [-0.15, -0.1) is 0 Å². The molecule has 124 valence electrons. The molecule has 0 aliphatic carbocycles. The first-order valence-corrected chi connectivity index (χ1v) is 7.87. The zero-order valence-electron chi connectivity index (χ0n) is 13.8. The Bertz CT molecular complexity index is 750. The van der Waals surface area contributed by atoms with Gasteiger partial charge in [-0.05, 0) is 48.9 Å². The first-order valence-electron chi connectivity index (χ1n) is 7.87. The van der Waals surface area contributed by atoms with Crippen LogP contribution in [0.15, 0.2) is 42.5 Å². The number of rotatable bonds is 6. The van der Waals surface area contributed by atoms with Crippen LogP contribution in [0.1, 0.15) is 35.7 Å².